The number of piperidine rings is 1. The van der Waals surface area contributed by atoms with Crippen LogP contribution in [0.1, 0.15) is 40.5 Å². The van der Waals surface area contributed by atoms with Gasteiger partial charge in [-0.1, -0.05) is 30.3 Å². The van der Waals surface area contributed by atoms with Crippen molar-refractivity contribution < 1.29 is 4.79 Å². The Morgan fingerprint density at radius 1 is 1.11 bits per heavy atom. The number of rotatable bonds is 3. The van der Waals surface area contributed by atoms with Crippen LogP contribution in [0.25, 0.3) is 11.4 Å². The molecule has 5 heteroatoms. The predicted octanol–water partition coefficient (Wildman–Crippen LogP) is 4.04. The molecule has 5 nitrogen and oxygen atoms in total. The molecule has 1 atom stereocenters. The van der Waals surface area contributed by atoms with Gasteiger partial charge in [0.05, 0.1) is 11.6 Å². The second-order valence-electron chi connectivity index (χ2n) is 7.20. The molecule has 0 aliphatic carbocycles. The Balaban J connectivity index is 1.62. The average Bonchev–Trinajstić information content (AvgIpc) is 3.10. The van der Waals surface area contributed by atoms with E-state index in [1.165, 1.54) is 0 Å². The van der Waals surface area contributed by atoms with Gasteiger partial charge in [0.25, 0.3) is 5.91 Å². The normalized spacial score (nSPS) is 17.1. The number of carbonyl (C=O) groups excluding carboxylic acids is 1. The number of aromatic nitrogens is 3. The minimum Gasteiger partial charge on any atom is -0.337 e. The highest BCUT2D eigenvalue weighted by molar-refractivity contribution is 5.95. The van der Waals surface area contributed by atoms with Crippen molar-refractivity contribution in [2.45, 2.75) is 32.7 Å². The zero-order chi connectivity index (χ0) is 18.8. The maximum Gasteiger partial charge on any atom is 0.255 e. The number of hydrogen-bond donors (Lipinski definition) is 0. The number of pyridine rings is 1. The van der Waals surface area contributed by atoms with Crippen LogP contribution in [-0.4, -0.2) is 38.4 Å². The van der Waals surface area contributed by atoms with E-state index in [9.17, 15) is 4.79 Å². The number of carbonyl (C=O) groups is 1. The first-order valence-corrected chi connectivity index (χ1v) is 9.44. The molecule has 0 bridgehead atoms. The fourth-order valence-corrected chi connectivity index (χ4v) is 3.92. The number of amides is 1. The monoisotopic (exact) mass is 360 g/mol. The standard InChI is InChI=1S/C22H24N4O/c1-16-10-11-23-14-20(16)22(27)25-12-6-9-19(15-25)26-17(2)13-24-21(26)18-7-4-3-5-8-18/h3-5,7-8,10-11,13-14,19H,6,9,12,15H2,1-2H3. The summed E-state index contributed by atoms with van der Waals surface area (Å²) in [7, 11) is 0. The van der Waals surface area contributed by atoms with Gasteiger partial charge in [0, 0.05) is 42.9 Å². The Morgan fingerprint density at radius 3 is 2.70 bits per heavy atom. The molecule has 4 rings (SSSR count). The van der Waals surface area contributed by atoms with Gasteiger partial charge in [-0.05, 0) is 38.3 Å². The van der Waals surface area contributed by atoms with E-state index in [1.54, 1.807) is 12.4 Å². The molecule has 0 radical (unpaired) electrons. The molecule has 1 aromatic carbocycles. The van der Waals surface area contributed by atoms with E-state index in [2.05, 4.69) is 33.6 Å². The fourth-order valence-electron chi connectivity index (χ4n) is 3.92. The summed E-state index contributed by atoms with van der Waals surface area (Å²) in [6, 6.07) is 12.4. The Hall–Kier alpha value is -2.95. The van der Waals surface area contributed by atoms with Crippen LogP contribution in [0, 0.1) is 13.8 Å². The van der Waals surface area contributed by atoms with Gasteiger partial charge in [-0.15, -0.1) is 0 Å². The number of aryl methyl sites for hydroxylation is 2. The zero-order valence-corrected chi connectivity index (χ0v) is 15.8. The van der Waals surface area contributed by atoms with Gasteiger partial charge < -0.3 is 9.47 Å². The van der Waals surface area contributed by atoms with Gasteiger partial charge in [-0.2, -0.15) is 0 Å². The lowest BCUT2D eigenvalue weighted by molar-refractivity contribution is 0.0678. The van der Waals surface area contributed by atoms with E-state index in [4.69, 9.17) is 0 Å². The summed E-state index contributed by atoms with van der Waals surface area (Å²) in [5.74, 6) is 1.05. The van der Waals surface area contributed by atoms with Crippen molar-refractivity contribution in [1.29, 1.82) is 0 Å². The first kappa shape index (κ1) is 17.5. The van der Waals surface area contributed by atoms with Crippen molar-refractivity contribution in [3.63, 3.8) is 0 Å². The van der Waals surface area contributed by atoms with Crippen molar-refractivity contribution in [1.82, 2.24) is 19.4 Å². The third kappa shape index (κ3) is 3.37. The maximum absolute atomic E-state index is 13.0. The van der Waals surface area contributed by atoms with Gasteiger partial charge >= 0.3 is 0 Å². The summed E-state index contributed by atoms with van der Waals surface area (Å²) in [5, 5.41) is 0. The lowest BCUT2D eigenvalue weighted by atomic mass is 10.0. The lowest BCUT2D eigenvalue weighted by Crippen LogP contribution is -2.41. The fraction of sp³-hybridized carbons (Fsp3) is 0.318. The number of likely N-dealkylation sites (tertiary alicyclic amines) is 1. The third-order valence-electron chi connectivity index (χ3n) is 5.33. The van der Waals surface area contributed by atoms with Crippen molar-refractivity contribution in [2.75, 3.05) is 13.1 Å². The molecule has 138 valence electrons. The highest BCUT2D eigenvalue weighted by Gasteiger charge is 2.28. The molecule has 1 fully saturated rings. The van der Waals surface area contributed by atoms with E-state index < -0.39 is 0 Å². The molecule has 0 spiro atoms. The molecular weight excluding hydrogens is 336 g/mol. The summed E-state index contributed by atoms with van der Waals surface area (Å²) >= 11 is 0. The van der Waals surface area contributed by atoms with E-state index >= 15 is 0 Å². The maximum atomic E-state index is 13.0. The van der Waals surface area contributed by atoms with Crippen molar-refractivity contribution in [3.05, 3.63) is 71.8 Å². The topological polar surface area (TPSA) is 51.0 Å². The molecule has 3 aromatic rings. The molecule has 27 heavy (non-hydrogen) atoms. The predicted molar refractivity (Wildman–Crippen MR) is 106 cm³/mol. The first-order chi connectivity index (χ1) is 13.1. The van der Waals surface area contributed by atoms with Crippen LogP contribution in [0.15, 0.2) is 55.0 Å². The summed E-state index contributed by atoms with van der Waals surface area (Å²) < 4.78 is 2.30. The minimum atomic E-state index is 0.0735. The lowest BCUT2D eigenvalue weighted by Gasteiger charge is -2.35. The molecule has 2 aromatic heterocycles. The summed E-state index contributed by atoms with van der Waals surface area (Å²) in [6.45, 7) is 5.54. The average molecular weight is 360 g/mol. The van der Waals surface area contributed by atoms with E-state index in [0.717, 1.165) is 42.0 Å². The van der Waals surface area contributed by atoms with E-state index in [-0.39, 0.29) is 11.9 Å². The molecule has 3 heterocycles. The van der Waals surface area contributed by atoms with Crippen LogP contribution in [0.5, 0.6) is 0 Å². The van der Waals surface area contributed by atoms with Crippen molar-refractivity contribution in [3.8, 4) is 11.4 Å². The van der Waals surface area contributed by atoms with Gasteiger partial charge in [0.1, 0.15) is 5.82 Å². The highest BCUT2D eigenvalue weighted by atomic mass is 16.2. The summed E-state index contributed by atoms with van der Waals surface area (Å²) in [5.41, 5.74) is 3.91. The van der Waals surface area contributed by atoms with Crippen molar-refractivity contribution >= 4 is 5.91 Å². The largest absolute Gasteiger partial charge is 0.337 e. The SMILES string of the molecule is Cc1ccncc1C(=O)N1CCCC(n2c(C)cnc2-c2ccccc2)C1. The van der Waals surface area contributed by atoms with E-state index in [0.29, 0.717) is 12.1 Å². The Bertz CT molecular complexity index is 948. The summed E-state index contributed by atoms with van der Waals surface area (Å²) in [6.07, 6.45) is 7.37. The molecule has 1 amide bonds. The number of nitrogens with zero attached hydrogens (tertiary/aromatic N) is 4. The second kappa shape index (κ2) is 7.35. The number of imidazole rings is 1. The van der Waals surface area contributed by atoms with Crippen LogP contribution >= 0.6 is 0 Å². The Labute approximate surface area is 159 Å². The van der Waals surface area contributed by atoms with E-state index in [1.807, 2.05) is 42.3 Å². The second-order valence-corrected chi connectivity index (χ2v) is 7.20. The summed E-state index contributed by atoms with van der Waals surface area (Å²) in [4.78, 5) is 23.8. The van der Waals surface area contributed by atoms with Gasteiger partial charge in [-0.25, -0.2) is 4.98 Å². The molecule has 1 aliphatic heterocycles. The molecule has 1 unspecified atom stereocenters. The van der Waals surface area contributed by atoms with Gasteiger partial charge in [0.15, 0.2) is 0 Å². The molecular formula is C22H24N4O. The number of hydrogen-bond acceptors (Lipinski definition) is 3. The zero-order valence-electron chi connectivity index (χ0n) is 15.8. The van der Waals surface area contributed by atoms with Gasteiger partial charge in [0.2, 0.25) is 0 Å². The van der Waals surface area contributed by atoms with Crippen LogP contribution in [0.4, 0.5) is 0 Å². The van der Waals surface area contributed by atoms with Crippen molar-refractivity contribution in [2.24, 2.45) is 0 Å². The van der Waals surface area contributed by atoms with Crippen LogP contribution in [0.3, 0.4) is 0 Å². The van der Waals surface area contributed by atoms with Crippen LogP contribution in [-0.2, 0) is 0 Å². The van der Waals surface area contributed by atoms with Crippen LogP contribution in [0.2, 0.25) is 0 Å². The Kier molecular flexibility index (Phi) is 4.75. The molecule has 0 N–H and O–H groups in total. The van der Waals surface area contributed by atoms with Crippen LogP contribution < -0.4 is 0 Å². The molecule has 1 aliphatic rings. The smallest absolute Gasteiger partial charge is 0.255 e. The highest BCUT2D eigenvalue weighted by Crippen LogP contribution is 2.30. The Morgan fingerprint density at radius 2 is 1.93 bits per heavy atom. The quantitative estimate of drug-likeness (QED) is 0.708. The molecule has 1 saturated heterocycles. The third-order valence-corrected chi connectivity index (χ3v) is 5.33. The van der Waals surface area contributed by atoms with Gasteiger partial charge in [-0.3, -0.25) is 9.78 Å². The first-order valence-electron chi connectivity index (χ1n) is 9.44. The molecule has 0 saturated carbocycles. The minimum absolute atomic E-state index is 0.0735. The number of benzene rings is 1.